The largest absolute Gasteiger partial charge is 0.370 e. The Hall–Kier alpha value is -1.59. The molecule has 1 fully saturated rings. The zero-order chi connectivity index (χ0) is 14.6. The van der Waals surface area contributed by atoms with Gasteiger partial charge in [-0.25, -0.2) is 8.42 Å². The Kier molecular flexibility index (Phi) is 4.91. The van der Waals surface area contributed by atoms with Gasteiger partial charge < -0.3 is 16.4 Å². The smallest absolute Gasteiger partial charge is 0.241 e. The Morgan fingerprint density at radius 2 is 2.11 bits per heavy atom. The van der Waals surface area contributed by atoms with Gasteiger partial charge in [0.2, 0.25) is 11.8 Å². The fourth-order valence-corrected chi connectivity index (χ4v) is 3.75. The molecule has 0 aliphatic carbocycles. The predicted molar refractivity (Wildman–Crippen MR) is 69.4 cm³/mol. The Labute approximate surface area is 112 Å². The molecule has 1 rings (SSSR count). The second-order valence-electron chi connectivity index (χ2n) is 4.50. The van der Waals surface area contributed by atoms with E-state index in [-0.39, 0.29) is 24.5 Å². The Bertz CT molecular complexity index is 509. The number of carbonyl (C=O) groups is 2. The van der Waals surface area contributed by atoms with Crippen molar-refractivity contribution in [1.82, 2.24) is 4.90 Å². The SMILES string of the molecule is C#CCN(C(=O)C(N)CC(N)=O)C1CCS(=O)(=O)C1. The van der Waals surface area contributed by atoms with Gasteiger partial charge in [-0.1, -0.05) is 5.92 Å². The molecule has 1 saturated heterocycles. The maximum absolute atomic E-state index is 12.1. The molecule has 19 heavy (non-hydrogen) atoms. The second kappa shape index (κ2) is 6.04. The van der Waals surface area contributed by atoms with Gasteiger partial charge in [0.25, 0.3) is 0 Å². The lowest BCUT2D eigenvalue weighted by Gasteiger charge is -2.28. The van der Waals surface area contributed by atoms with E-state index in [1.165, 1.54) is 4.90 Å². The predicted octanol–water partition coefficient (Wildman–Crippen LogP) is -2.16. The molecule has 8 heteroatoms. The molecular weight excluding hydrogens is 270 g/mol. The van der Waals surface area contributed by atoms with Crippen molar-refractivity contribution in [2.45, 2.75) is 24.9 Å². The molecule has 0 radical (unpaired) electrons. The quantitative estimate of drug-likeness (QED) is 0.557. The third kappa shape index (κ3) is 4.22. The highest BCUT2D eigenvalue weighted by atomic mass is 32.2. The summed E-state index contributed by atoms with van der Waals surface area (Å²) in [6, 6.07) is -1.57. The van der Waals surface area contributed by atoms with Crippen LogP contribution in [-0.2, 0) is 19.4 Å². The summed E-state index contributed by atoms with van der Waals surface area (Å²) in [5, 5.41) is 0. The Balaban J connectivity index is 2.81. The third-order valence-electron chi connectivity index (χ3n) is 2.93. The summed E-state index contributed by atoms with van der Waals surface area (Å²) in [4.78, 5) is 24.1. The molecule has 106 valence electrons. The van der Waals surface area contributed by atoms with Crippen LogP contribution in [0.25, 0.3) is 0 Å². The monoisotopic (exact) mass is 287 g/mol. The van der Waals surface area contributed by atoms with Crippen molar-refractivity contribution in [3.05, 3.63) is 0 Å². The molecule has 7 nitrogen and oxygen atoms in total. The van der Waals surface area contributed by atoms with Crippen molar-refractivity contribution in [2.75, 3.05) is 18.1 Å². The standard InChI is InChI=1S/C11H17N3O4S/c1-2-4-14(8-3-5-19(17,18)7-8)11(16)9(12)6-10(13)15/h1,8-9H,3-7,12H2,(H2,13,15). The maximum atomic E-state index is 12.1. The van der Waals surface area contributed by atoms with Crippen molar-refractivity contribution in [3.63, 3.8) is 0 Å². The first-order valence-corrected chi connectivity index (χ1v) is 7.57. The molecule has 0 bridgehead atoms. The molecule has 1 aliphatic heterocycles. The number of terminal acetylenes is 1. The van der Waals surface area contributed by atoms with Crippen LogP contribution in [0.2, 0.25) is 0 Å². The normalized spacial score (nSPS) is 22.4. The topological polar surface area (TPSA) is 124 Å². The highest BCUT2D eigenvalue weighted by Crippen LogP contribution is 2.18. The van der Waals surface area contributed by atoms with Crippen LogP contribution in [0.15, 0.2) is 0 Å². The van der Waals surface area contributed by atoms with E-state index < -0.39 is 33.7 Å². The van der Waals surface area contributed by atoms with Crippen molar-refractivity contribution >= 4 is 21.7 Å². The average Bonchev–Trinajstić information content (AvgIpc) is 2.64. The second-order valence-corrected chi connectivity index (χ2v) is 6.73. The summed E-state index contributed by atoms with van der Waals surface area (Å²) in [6.45, 7) is -0.0362. The first-order chi connectivity index (χ1) is 8.76. The zero-order valence-electron chi connectivity index (χ0n) is 10.4. The van der Waals surface area contributed by atoms with Crippen LogP contribution in [0.4, 0.5) is 0 Å². The van der Waals surface area contributed by atoms with Crippen LogP contribution >= 0.6 is 0 Å². The summed E-state index contributed by atoms with van der Waals surface area (Å²) in [5.74, 6) is 0.967. The van der Waals surface area contributed by atoms with Gasteiger partial charge in [0, 0.05) is 6.04 Å². The van der Waals surface area contributed by atoms with E-state index in [0.29, 0.717) is 6.42 Å². The van der Waals surface area contributed by atoms with E-state index in [1.54, 1.807) is 0 Å². The number of hydrogen-bond donors (Lipinski definition) is 2. The molecule has 2 amide bonds. The van der Waals surface area contributed by atoms with E-state index in [1.807, 2.05) is 0 Å². The molecule has 0 saturated carbocycles. The molecule has 0 spiro atoms. The number of rotatable bonds is 5. The maximum Gasteiger partial charge on any atom is 0.241 e. The number of nitrogens with zero attached hydrogens (tertiary/aromatic N) is 1. The molecular formula is C11H17N3O4S. The van der Waals surface area contributed by atoms with E-state index in [0.717, 1.165) is 0 Å². The Morgan fingerprint density at radius 1 is 1.47 bits per heavy atom. The van der Waals surface area contributed by atoms with Crippen LogP contribution in [0, 0.1) is 12.3 Å². The van der Waals surface area contributed by atoms with Crippen molar-refractivity contribution in [1.29, 1.82) is 0 Å². The summed E-state index contributed by atoms with van der Waals surface area (Å²) >= 11 is 0. The summed E-state index contributed by atoms with van der Waals surface area (Å²) in [5.41, 5.74) is 10.6. The van der Waals surface area contributed by atoms with Gasteiger partial charge in [-0.15, -0.1) is 6.42 Å². The van der Waals surface area contributed by atoms with Crippen LogP contribution in [-0.4, -0.2) is 55.3 Å². The highest BCUT2D eigenvalue weighted by molar-refractivity contribution is 7.91. The molecule has 0 aromatic carbocycles. The fraction of sp³-hybridized carbons (Fsp3) is 0.636. The van der Waals surface area contributed by atoms with E-state index in [9.17, 15) is 18.0 Å². The number of carbonyl (C=O) groups excluding carboxylic acids is 2. The van der Waals surface area contributed by atoms with Gasteiger partial charge in [-0.05, 0) is 6.42 Å². The highest BCUT2D eigenvalue weighted by Gasteiger charge is 2.36. The first kappa shape index (κ1) is 15.5. The molecule has 2 unspecified atom stereocenters. The molecule has 0 aromatic heterocycles. The molecule has 0 aromatic rings. The third-order valence-corrected chi connectivity index (χ3v) is 4.68. The van der Waals surface area contributed by atoms with Crippen LogP contribution in [0.3, 0.4) is 0 Å². The van der Waals surface area contributed by atoms with E-state index >= 15 is 0 Å². The van der Waals surface area contributed by atoms with Crippen LogP contribution in [0.1, 0.15) is 12.8 Å². The van der Waals surface area contributed by atoms with Gasteiger partial charge in [0.05, 0.1) is 30.5 Å². The van der Waals surface area contributed by atoms with Gasteiger partial charge in [-0.2, -0.15) is 0 Å². The van der Waals surface area contributed by atoms with Crippen molar-refractivity contribution < 1.29 is 18.0 Å². The minimum atomic E-state index is -3.14. The minimum Gasteiger partial charge on any atom is -0.370 e. The first-order valence-electron chi connectivity index (χ1n) is 5.75. The average molecular weight is 287 g/mol. The van der Waals surface area contributed by atoms with E-state index in [4.69, 9.17) is 17.9 Å². The van der Waals surface area contributed by atoms with Gasteiger partial charge in [0.15, 0.2) is 9.84 Å². The summed E-state index contributed by atoms with van der Waals surface area (Å²) in [6.07, 6.45) is 5.22. The Morgan fingerprint density at radius 3 is 2.53 bits per heavy atom. The number of amides is 2. The van der Waals surface area contributed by atoms with Crippen LogP contribution in [0.5, 0.6) is 0 Å². The number of sulfone groups is 1. The van der Waals surface area contributed by atoms with Gasteiger partial charge >= 0.3 is 0 Å². The number of nitrogens with two attached hydrogens (primary N) is 2. The lowest BCUT2D eigenvalue weighted by molar-refractivity contribution is -0.135. The summed E-state index contributed by atoms with van der Waals surface area (Å²) in [7, 11) is -3.14. The summed E-state index contributed by atoms with van der Waals surface area (Å²) < 4.78 is 22.8. The number of hydrogen-bond acceptors (Lipinski definition) is 5. The van der Waals surface area contributed by atoms with Gasteiger partial charge in [-0.3, -0.25) is 9.59 Å². The molecule has 2 atom stereocenters. The molecule has 1 aliphatic rings. The van der Waals surface area contributed by atoms with Crippen LogP contribution < -0.4 is 11.5 Å². The number of primary amides is 1. The van der Waals surface area contributed by atoms with Gasteiger partial charge in [0.1, 0.15) is 0 Å². The van der Waals surface area contributed by atoms with Crippen molar-refractivity contribution in [3.8, 4) is 12.3 Å². The minimum absolute atomic E-state index is 0.0249. The zero-order valence-corrected chi connectivity index (χ0v) is 11.2. The van der Waals surface area contributed by atoms with E-state index in [2.05, 4.69) is 5.92 Å². The molecule has 1 heterocycles. The molecule has 4 N–H and O–H groups in total. The lowest BCUT2D eigenvalue weighted by Crippen LogP contribution is -2.50. The fourth-order valence-electron chi connectivity index (χ4n) is 2.02. The van der Waals surface area contributed by atoms with Crippen molar-refractivity contribution in [2.24, 2.45) is 11.5 Å². The lowest BCUT2D eigenvalue weighted by atomic mass is 10.1.